The normalized spacial score (nSPS) is 13.8. The van der Waals surface area contributed by atoms with Crippen molar-refractivity contribution in [3.8, 4) is 0 Å². The van der Waals surface area contributed by atoms with Crippen molar-refractivity contribution in [1.29, 1.82) is 0 Å². The molecule has 0 N–H and O–H groups in total. The van der Waals surface area contributed by atoms with E-state index in [1.165, 1.54) is 17.3 Å². The molecule has 1 amide bonds. The predicted octanol–water partition coefficient (Wildman–Crippen LogP) is 5.17. The summed E-state index contributed by atoms with van der Waals surface area (Å²) >= 11 is 7.36. The van der Waals surface area contributed by atoms with Crippen LogP contribution in [0.3, 0.4) is 0 Å². The first-order valence-electron chi connectivity index (χ1n) is 10.8. The van der Waals surface area contributed by atoms with E-state index in [2.05, 4.69) is 6.07 Å². The summed E-state index contributed by atoms with van der Waals surface area (Å²) in [5.41, 5.74) is 3.60. The lowest BCUT2D eigenvalue weighted by molar-refractivity contribution is -0.117. The summed E-state index contributed by atoms with van der Waals surface area (Å²) in [6.07, 6.45) is 0.856. The molecule has 166 valence electrons. The molecule has 7 heteroatoms. The third-order valence-corrected chi connectivity index (χ3v) is 7.19. The standard InChI is InChI=1S/C26H22ClN3O2S/c1-17(24(31)29-15-14-19-6-2-5-9-23(19)29)33-26-28-22-8-4-3-7-21(22)25(32)30(26)16-18-10-12-20(27)13-11-18/h2-13,17H,14-16H2,1H3. The lowest BCUT2D eigenvalue weighted by Gasteiger charge is -2.22. The fourth-order valence-corrected chi connectivity index (χ4v) is 5.24. The molecule has 0 spiro atoms. The van der Waals surface area contributed by atoms with Gasteiger partial charge in [0.15, 0.2) is 5.16 Å². The quantitative estimate of drug-likeness (QED) is 0.295. The van der Waals surface area contributed by atoms with Crippen molar-refractivity contribution in [1.82, 2.24) is 9.55 Å². The highest BCUT2D eigenvalue weighted by Crippen LogP contribution is 2.31. The van der Waals surface area contributed by atoms with Crippen LogP contribution in [-0.4, -0.2) is 27.3 Å². The van der Waals surface area contributed by atoms with E-state index >= 15 is 0 Å². The number of para-hydroxylation sites is 2. The number of benzene rings is 3. The molecular weight excluding hydrogens is 454 g/mol. The molecule has 4 aromatic rings. The minimum atomic E-state index is -0.402. The summed E-state index contributed by atoms with van der Waals surface area (Å²) in [6.45, 7) is 2.90. The predicted molar refractivity (Wildman–Crippen MR) is 134 cm³/mol. The second kappa shape index (κ2) is 9.04. The molecule has 1 aliphatic heterocycles. The maximum Gasteiger partial charge on any atom is 0.262 e. The molecule has 1 atom stereocenters. The van der Waals surface area contributed by atoms with E-state index in [0.29, 0.717) is 34.2 Å². The largest absolute Gasteiger partial charge is 0.311 e. The third-order valence-electron chi connectivity index (χ3n) is 5.86. The molecule has 0 saturated heterocycles. The highest BCUT2D eigenvalue weighted by Gasteiger charge is 2.29. The molecule has 0 bridgehead atoms. The second-order valence-corrected chi connectivity index (χ2v) is 9.80. The van der Waals surface area contributed by atoms with Gasteiger partial charge in [0, 0.05) is 17.3 Å². The van der Waals surface area contributed by atoms with Crippen molar-refractivity contribution >= 4 is 45.9 Å². The van der Waals surface area contributed by atoms with Crippen LogP contribution in [0.4, 0.5) is 5.69 Å². The Balaban J connectivity index is 1.49. The average molecular weight is 476 g/mol. The first kappa shape index (κ1) is 21.7. The summed E-state index contributed by atoms with van der Waals surface area (Å²) in [5.74, 6) is 0.0189. The smallest absolute Gasteiger partial charge is 0.262 e. The van der Waals surface area contributed by atoms with E-state index in [-0.39, 0.29) is 11.5 Å². The van der Waals surface area contributed by atoms with Gasteiger partial charge in [-0.2, -0.15) is 0 Å². The molecule has 0 radical (unpaired) electrons. The van der Waals surface area contributed by atoms with Crippen LogP contribution in [0.2, 0.25) is 5.02 Å². The Morgan fingerprint density at radius 3 is 2.61 bits per heavy atom. The Morgan fingerprint density at radius 2 is 1.79 bits per heavy atom. The Bertz CT molecular complexity index is 1400. The SMILES string of the molecule is CC(Sc1nc2ccccc2c(=O)n1Cc1ccc(Cl)cc1)C(=O)N1CCc2ccccc21. The molecule has 0 saturated carbocycles. The summed E-state index contributed by atoms with van der Waals surface area (Å²) in [6, 6.07) is 22.7. The van der Waals surface area contributed by atoms with Crippen LogP contribution < -0.4 is 10.5 Å². The number of fused-ring (bicyclic) bond motifs is 2. The van der Waals surface area contributed by atoms with Crippen molar-refractivity contribution in [2.24, 2.45) is 0 Å². The molecule has 2 heterocycles. The van der Waals surface area contributed by atoms with Gasteiger partial charge in [-0.25, -0.2) is 4.98 Å². The zero-order valence-electron chi connectivity index (χ0n) is 18.1. The van der Waals surface area contributed by atoms with Crippen molar-refractivity contribution < 1.29 is 4.79 Å². The van der Waals surface area contributed by atoms with Gasteiger partial charge < -0.3 is 4.90 Å². The maximum absolute atomic E-state index is 13.4. The van der Waals surface area contributed by atoms with Gasteiger partial charge in [0.1, 0.15) is 0 Å². The number of carbonyl (C=O) groups is 1. The Labute approximate surface area is 201 Å². The van der Waals surface area contributed by atoms with Crippen LogP contribution in [0.15, 0.2) is 82.7 Å². The van der Waals surface area contributed by atoms with Gasteiger partial charge in [0.05, 0.1) is 22.7 Å². The van der Waals surface area contributed by atoms with E-state index in [1.807, 2.05) is 60.4 Å². The fourth-order valence-electron chi connectivity index (χ4n) is 4.14. The first-order valence-corrected chi connectivity index (χ1v) is 12.1. The van der Waals surface area contributed by atoms with Gasteiger partial charge in [0.25, 0.3) is 5.56 Å². The zero-order chi connectivity index (χ0) is 22.9. The average Bonchev–Trinajstić information content (AvgIpc) is 3.26. The number of carbonyl (C=O) groups excluding carboxylic acids is 1. The number of hydrogen-bond acceptors (Lipinski definition) is 4. The van der Waals surface area contributed by atoms with Gasteiger partial charge >= 0.3 is 0 Å². The summed E-state index contributed by atoms with van der Waals surface area (Å²) in [7, 11) is 0. The summed E-state index contributed by atoms with van der Waals surface area (Å²) in [5, 5.41) is 1.33. The van der Waals surface area contributed by atoms with Crippen LogP contribution in [0.5, 0.6) is 0 Å². The number of aromatic nitrogens is 2. The van der Waals surface area contributed by atoms with Crippen molar-refractivity contribution in [3.63, 3.8) is 0 Å². The van der Waals surface area contributed by atoms with Crippen molar-refractivity contribution in [3.05, 3.63) is 99.3 Å². The van der Waals surface area contributed by atoms with E-state index in [9.17, 15) is 9.59 Å². The van der Waals surface area contributed by atoms with Gasteiger partial charge in [0.2, 0.25) is 5.91 Å². The number of hydrogen-bond donors (Lipinski definition) is 0. The Kier molecular flexibility index (Phi) is 5.96. The van der Waals surface area contributed by atoms with E-state index in [0.717, 1.165) is 17.7 Å². The zero-order valence-corrected chi connectivity index (χ0v) is 19.6. The Morgan fingerprint density at radius 1 is 1.06 bits per heavy atom. The molecule has 0 aliphatic carbocycles. The molecule has 1 aliphatic rings. The van der Waals surface area contributed by atoms with Gasteiger partial charge in [-0.15, -0.1) is 0 Å². The van der Waals surface area contributed by atoms with E-state index in [1.54, 1.807) is 22.8 Å². The number of nitrogens with zero attached hydrogens (tertiary/aromatic N) is 3. The third kappa shape index (κ3) is 4.28. The number of amides is 1. The lowest BCUT2D eigenvalue weighted by Crippen LogP contribution is -2.35. The van der Waals surface area contributed by atoms with Crippen LogP contribution in [0, 0.1) is 0 Å². The van der Waals surface area contributed by atoms with Crippen LogP contribution in [0.25, 0.3) is 10.9 Å². The number of rotatable bonds is 5. The Hall–Kier alpha value is -3.09. The van der Waals surface area contributed by atoms with Crippen LogP contribution >= 0.6 is 23.4 Å². The summed E-state index contributed by atoms with van der Waals surface area (Å²) in [4.78, 5) is 33.3. The van der Waals surface area contributed by atoms with Crippen LogP contribution in [-0.2, 0) is 17.8 Å². The second-order valence-electron chi connectivity index (χ2n) is 8.06. The molecular formula is C26H22ClN3O2S. The van der Waals surface area contributed by atoms with Gasteiger partial charge in [-0.1, -0.05) is 65.8 Å². The molecule has 5 rings (SSSR count). The molecule has 3 aromatic carbocycles. The minimum absolute atomic E-state index is 0.0189. The topological polar surface area (TPSA) is 55.2 Å². The number of thioether (sulfide) groups is 1. The van der Waals surface area contributed by atoms with Gasteiger partial charge in [-0.3, -0.25) is 14.2 Å². The number of halogens is 1. The molecule has 5 nitrogen and oxygen atoms in total. The van der Waals surface area contributed by atoms with Crippen LogP contribution in [0.1, 0.15) is 18.1 Å². The number of anilines is 1. The monoisotopic (exact) mass is 475 g/mol. The van der Waals surface area contributed by atoms with Gasteiger partial charge in [-0.05, 0) is 54.8 Å². The highest BCUT2D eigenvalue weighted by atomic mass is 35.5. The molecule has 1 unspecified atom stereocenters. The first-order chi connectivity index (χ1) is 16.0. The molecule has 1 aromatic heterocycles. The maximum atomic E-state index is 13.4. The molecule has 33 heavy (non-hydrogen) atoms. The minimum Gasteiger partial charge on any atom is -0.311 e. The van der Waals surface area contributed by atoms with E-state index in [4.69, 9.17) is 16.6 Å². The van der Waals surface area contributed by atoms with E-state index < -0.39 is 5.25 Å². The fraction of sp³-hybridized carbons (Fsp3) is 0.192. The lowest BCUT2D eigenvalue weighted by atomic mass is 10.2. The van der Waals surface area contributed by atoms with Crippen molar-refractivity contribution in [2.75, 3.05) is 11.4 Å². The molecule has 0 fully saturated rings. The highest BCUT2D eigenvalue weighted by molar-refractivity contribution is 8.00. The summed E-state index contributed by atoms with van der Waals surface area (Å²) < 4.78 is 1.65. The van der Waals surface area contributed by atoms with Crippen molar-refractivity contribution in [2.45, 2.75) is 30.3 Å².